The number of rotatable bonds is 2. The minimum absolute atomic E-state index is 0.000401. The number of halogens is 1. The predicted molar refractivity (Wildman–Crippen MR) is 93.9 cm³/mol. The number of amides is 2. The lowest BCUT2D eigenvalue weighted by Gasteiger charge is -2.35. The zero-order chi connectivity index (χ0) is 16.8. The van der Waals surface area contributed by atoms with Crippen LogP contribution in [0.1, 0.15) is 25.0 Å². The van der Waals surface area contributed by atoms with Crippen molar-refractivity contribution in [1.29, 1.82) is 0 Å². The van der Waals surface area contributed by atoms with Gasteiger partial charge in [-0.2, -0.15) is 0 Å². The number of carbonyl (C=O) groups is 2. The van der Waals surface area contributed by atoms with Crippen LogP contribution in [0.15, 0.2) is 28.9 Å². The average Bonchev–Trinajstić information content (AvgIpc) is 3.04. The molecule has 1 aromatic rings. The SMILES string of the molecule is CN1C(=O)C2C(C1=O)C1CCCCN1C2/C=C/c1ccc(Br)cn1. The second-order valence-electron chi connectivity index (χ2n) is 6.84. The number of fused-ring (bicyclic) bond motifs is 3. The van der Waals surface area contributed by atoms with Crippen LogP contribution in [0, 0.1) is 11.8 Å². The highest BCUT2D eigenvalue weighted by molar-refractivity contribution is 9.10. The van der Waals surface area contributed by atoms with E-state index in [9.17, 15) is 9.59 Å². The molecule has 1 aromatic heterocycles. The summed E-state index contributed by atoms with van der Waals surface area (Å²) in [7, 11) is 1.62. The first-order chi connectivity index (χ1) is 11.6. The number of hydrogen-bond acceptors (Lipinski definition) is 4. The Morgan fingerprint density at radius 1 is 1.21 bits per heavy atom. The lowest BCUT2D eigenvalue weighted by molar-refractivity contribution is -0.139. The first-order valence-electron chi connectivity index (χ1n) is 8.45. The summed E-state index contributed by atoms with van der Waals surface area (Å²) in [6.07, 6.45) is 9.09. The molecule has 0 N–H and O–H groups in total. The molecular weight excluding hydrogens is 370 g/mol. The molecule has 3 saturated heterocycles. The maximum Gasteiger partial charge on any atom is 0.234 e. The summed E-state index contributed by atoms with van der Waals surface area (Å²) >= 11 is 3.38. The quantitative estimate of drug-likeness (QED) is 0.728. The molecule has 4 heterocycles. The van der Waals surface area contributed by atoms with Gasteiger partial charge in [-0.05, 0) is 53.5 Å². The van der Waals surface area contributed by atoms with Crippen molar-refractivity contribution in [2.45, 2.75) is 31.3 Å². The number of hydrogen-bond donors (Lipinski definition) is 0. The summed E-state index contributed by atoms with van der Waals surface area (Å²) in [5.41, 5.74) is 0.861. The van der Waals surface area contributed by atoms with Gasteiger partial charge in [0.1, 0.15) is 0 Å². The van der Waals surface area contributed by atoms with Gasteiger partial charge in [-0.15, -0.1) is 0 Å². The summed E-state index contributed by atoms with van der Waals surface area (Å²) in [6, 6.07) is 4.09. The Bertz CT molecular complexity index is 703. The molecule has 4 rings (SSSR count). The van der Waals surface area contributed by atoms with Gasteiger partial charge < -0.3 is 0 Å². The van der Waals surface area contributed by atoms with Crippen molar-refractivity contribution in [2.24, 2.45) is 11.8 Å². The third-order valence-corrected chi connectivity index (χ3v) is 6.06. The van der Waals surface area contributed by atoms with Crippen LogP contribution in [0.4, 0.5) is 0 Å². The van der Waals surface area contributed by atoms with E-state index in [0.717, 1.165) is 36.0 Å². The number of nitrogens with zero attached hydrogens (tertiary/aromatic N) is 3. The van der Waals surface area contributed by atoms with E-state index < -0.39 is 0 Å². The molecule has 0 aliphatic carbocycles. The molecular formula is C18H20BrN3O2. The van der Waals surface area contributed by atoms with E-state index in [1.807, 2.05) is 18.2 Å². The first kappa shape index (κ1) is 16.0. The molecule has 6 heteroatoms. The zero-order valence-corrected chi connectivity index (χ0v) is 15.1. The van der Waals surface area contributed by atoms with Gasteiger partial charge in [0.15, 0.2) is 0 Å². The largest absolute Gasteiger partial charge is 0.292 e. The molecule has 5 nitrogen and oxygen atoms in total. The van der Waals surface area contributed by atoms with E-state index in [0.29, 0.717) is 0 Å². The Hall–Kier alpha value is -1.53. The van der Waals surface area contributed by atoms with Crippen molar-refractivity contribution < 1.29 is 9.59 Å². The monoisotopic (exact) mass is 389 g/mol. The van der Waals surface area contributed by atoms with Crippen molar-refractivity contribution in [1.82, 2.24) is 14.8 Å². The van der Waals surface area contributed by atoms with Gasteiger partial charge in [-0.3, -0.25) is 24.4 Å². The maximum atomic E-state index is 12.6. The molecule has 0 radical (unpaired) electrons. The molecule has 0 saturated carbocycles. The van der Waals surface area contributed by atoms with Crippen molar-refractivity contribution in [2.75, 3.05) is 13.6 Å². The molecule has 0 aromatic carbocycles. The van der Waals surface area contributed by atoms with E-state index in [-0.39, 0.29) is 35.7 Å². The fraction of sp³-hybridized carbons (Fsp3) is 0.500. The smallest absolute Gasteiger partial charge is 0.234 e. The van der Waals surface area contributed by atoms with Crippen molar-refractivity contribution >= 4 is 33.8 Å². The van der Waals surface area contributed by atoms with Gasteiger partial charge in [-0.1, -0.05) is 12.5 Å². The van der Waals surface area contributed by atoms with Crippen LogP contribution in [0.25, 0.3) is 6.08 Å². The molecule has 3 fully saturated rings. The molecule has 0 spiro atoms. The van der Waals surface area contributed by atoms with Crippen LogP contribution in [-0.4, -0.2) is 52.3 Å². The molecule has 2 amide bonds. The predicted octanol–water partition coefficient (Wildman–Crippen LogP) is 2.32. The van der Waals surface area contributed by atoms with E-state index in [1.165, 1.54) is 4.90 Å². The maximum absolute atomic E-state index is 12.6. The van der Waals surface area contributed by atoms with Crippen LogP contribution in [0.2, 0.25) is 0 Å². The summed E-state index contributed by atoms with van der Waals surface area (Å²) in [4.78, 5) is 33.2. The van der Waals surface area contributed by atoms with Crippen LogP contribution < -0.4 is 0 Å². The molecule has 4 unspecified atom stereocenters. The third-order valence-electron chi connectivity index (χ3n) is 5.59. The fourth-order valence-corrected chi connectivity index (χ4v) is 4.72. The highest BCUT2D eigenvalue weighted by atomic mass is 79.9. The standard InChI is InChI=1S/C18H20BrN3O2/c1-21-17(23)15-13-4-2-3-9-22(13)14(16(15)18(21)24)8-7-12-6-5-11(19)10-20-12/h5-8,10,13-16H,2-4,9H2,1H3/b8-7+. The number of pyridine rings is 1. The number of piperidine rings is 1. The normalized spacial score (nSPS) is 33.3. The zero-order valence-electron chi connectivity index (χ0n) is 13.6. The van der Waals surface area contributed by atoms with Gasteiger partial charge in [0.25, 0.3) is 0 Å². The Labute approximate surface area is 149 Å². The molecule has 126 valence electrons. The molecule has 0 bridgehead atoms. The third kappa shape index (κ3) is 2.43. The van der Waals surface area contributed by atoms with Gasteiger partial charge in [0.2, 0.25) is 11.8 Å². The molecule has 4 atom stereocenters. The number of carbonyl (C=O) groups excluding carboxylic acids is 2. The minimum Gasteiger partial charge on any atom is -0.292 e. The van der Waals surface area contributed by atoms with Crippen molar-refractivity contribution in [3.63, 3.8) is 0 Å². The number of imide groups is 1. The van der Waals surface area contributed by atoms with Crippen LogP contribution in [-0.2, 0) is 9.59 Å². The van der Waals surface area contributed by atoms with Crippen LogP contribution in [0.5, 0.6) is 0 Å². The second kappa shape index (κ2) is 6.08. The van der Waals surface area contributed by atoms with Crippen molar-refractivity contribution in [3.05, 3.63) is 34.6 Å². The van der Waals surface area contributed by atoms with Crippen LogP contribution >= 0.6 is 15.9 Å². The Balaban J connectivity index is 1.66. The van der Waals surface area contributed by atoms with E-state index in [2.05, 4.69) is 31.9 Å². The van der Waals surface area contributed by atoms with Gasteiger partial charge in [0, 0.05) is 29.8 Å². The highest BCUT2D eigenvalue weighted by Gasteiger charge is 2.60. The van der Waals surface area contributed by atoms with Crippen LogP contribution in [0.3, 0.4) is 0 Å². The van der Waals surface area contributed by atoms with Gasteiger partial charge in [-0.25, -0.2) is 0 Å². The molecule has 24 heavy (non-hydrogen) atoms. The Kier molecular flexibility index (Phi) is 4.04. The lowest BCUT2D eigenvalue weighted by atomic mass is 9.87. The summed E-state index contributed by atoms with van der Waals surface area (Å²) in [6.45, 7) is 0.963. The van der Waals surface area contributed by atoms with Gasteiger partial charge >= 0.3 is 0 Å². The highest BCUT2D eigenvalue weighted by Crippen LogP contribution is 2.45. The lowest BCUT2D eigenvalue weighted by Crippen LogP contribution is -2.45. The summed E-state index contributed by atoms with van der Waals surface area (Å²) < 4.78 is 0.940. The summed E-state index contributed by atoms with van der Waals surface area (Å²) in [5, 5.41) is 0. The minimum atomic E-state index is -0.239. The molecule has 3 aliphatic rings. The number of likely N-dealkylation sites (tertiary alicyclic amines) is 1. The van der Waals surface area contributed by atoms with E-state index >= 15 is 0 Å². The van der Waals surface area contributed by atoms with Gasteiger partial charge in [0.05, 0.1) is 17.5 Å². The Morgan fingerprint density at radius 3 is 2.75 bits per heavy atom. The van der Waals surface area contributed by atoms with E-state index in [4.69, 9.17) is 0 Å². The summed E-state index contributed by atoms with van der Waals surface area (Å²) in [5.74, 6) is -0.440. The fourth-order valence-electron chi connectivity index (χ4n) is 4.48. The molecule has 3 aliphatic heterocycles. The van der Waals surface area contributed by atoms with E-state index in [1.54, 1.807) is 13.2 Å². The second-order valence-corrected chi connectivity index (χ2v) is 7.75. The first-order valence-corrected chi connectivity index (χ1v) is 9.24. The number of aromatic nitrogens is 1. The topological polar surface area (TPSA) is 53.5 Å². The van der Waals surface area contributed by atoms with Crippen molar-refractivity contribution in [3.8, 4) is 0 Å². The average molecular weight is 390 g/mol. The Morgan fingerprint density at radius 2 is 2.00 bits per heavy atom.